The van der Waals surface area contributed by atoms with Crippen LogP contribution in [0.5, 0.6) is 0 Å². The number of amides is 1. The van der Waals surface area contributed by atoms with Gasteiger partial charge in [-0.15, -0.1) is 0 Å². The Hall–Kier alpha value is -2.13. The van der Waals surface area contributed by atoms with Gasteiger partial charge in [-0.25, -0.2) is 0 Å². The number of hydrogen-bond donors (Lipinski definition) is 1. The summed E-state index contributed by atoms with van der Waals surface area (Å²) in [6, 6.07) is 19.4. The van der Waals surface area contributed by atoms with Crippen LogP contribution in [0.1, 0.15) is 48.4 Å². The molecule has 0 spiro atoms. The first-order valence-electron chi connectivity index (χ1n) is 9.94. The van der Waals surface area contributed by atoms with Crippen LogP contribution in [0.15, 0.2) is 54.6 Å². The van der Waals surface area contributed by atoms with Crippen molar-refractivity contribution in [1.82, 2.24) is 10.2 Å². The van der Waals surface area contributed by atoms with E-state index in [2.05, 4.69) is 64.8 Å². The molecule has 4 rings (SSSR count). The summed E-state index contributed by atoms with van der Waals surface area (Å²) in [5, 5.41) is 3.35. The first-order valence-corrected chi connectivity index (χ1v) is 9.94. The molecule has 1 atom stereocenters. The van der Waals surface area contributed by atoms with Gasteiger partial charge >= 0.3 is 0 Å². The minimum absolute atomic E-state index is 0.163. The number of carbonyl (C=O) groups is 1. The van der Waals surface area contributed by atoms with Gasteiger partial charge in [0.2, 0.25) is 5.91 Å². The highest BCUT2D eigenvalue weighted by Crippen LogP contribution is 2.30. The summed E-state index contributed by atoms with van der Waals surface area (Å²) in [5.74, 6) is 0.419. The molecule has 3 nitrogen and oxygen atoms in total. The summed E-state index contributed by atoms with van der Waals surface area (Å²) in [6.45, 7) is 3.01. The van der Waals surface area contributed by atoms with E-state index in [1.807, 2.05) is 0 Å². The number of nitrogens with zero attached hydrogens (tertiary/aromatic N) is 1. The van der Waals surface area contributed by atoms with Crippen molar-refractivity contribution >= 4 is 5.91 Å². The number of fused-ring (bicyclic) bond motifs is 1. The van der Waals surface area contributed by atoms with Crippen LogP contribution in [-0.4, -0.2) is 23.9 Å². The fraction of sp³-hybridized carbons (Fsp3) is 0.435. The van der Waals surface area contributed by atoms with Crippen molar-refractivity contribution in [2.24, 2.45) is 5.92 Å². The number of likely N-dealkylation sites (tertiary alicyclic amines) is 1. The third-order valence-electron chi connectivity index (χ3n) is 5.89. The molecule has 2 aromatic rings. The zero-order chi connectivity index (χ0) is 17.8. The van der Waals surface area contributed by atoms with Crippen molar-refractivity contribution in [3.8, 4) is 0 Å². The molecule has 0 aromatic heterocycles. The number of carbonyl (C=O) groups excluding carboxylic acids is 1. The maximum Gasteiger partial charge on any atom is 0.223 e. The quantitative estimate of drug-likeness (QED) is 0.902. The molecular weight excluding hydrogens is 320 g/mol. The van der Waals surface area contributed by atoms with Gasteiger partial charge in [-0.05, 0) is 61.9 Å². The number of rotatable bonds is 4. The lowest BCUT2D eigenvalue weighted by Crippen LogP contribution is -2.41. The molecule has 1 amide bonds. The van der Waals surface area contributed by atoms with E-state index in [-0.39, 0.29) is 17.9 Å². The van der Waals surface area contributed by atoms with Crippen molar-refractivity contribution in [1.29, 1.82) is 0 Å². The van der Waals surface area contributed by atoms with E-state index in [1.54, 1.807) is 0 Å². The first-order chi connectivity index (χ1) is 12.8. The molecular formula is C23H28N2O. The first kappa shape index (κ1) is 17.3. The van der Waals surface area contributed by atoms with Crippen molar-refractivity contribution in [2.75, 3.05) is 13.1 Å². The number of nitrogens with one attached hydrogen (secondary N) is 1. The fourth-order valence-corrected chi connectivity index (χ4v) is 4.39. The standard InChI is InChI=1S/C23H28N2O/c26-23(24-22-12-6-10-19-9-4-5-11-21(19)22)20-13-15-25(16-14-20)17-18-7-2-1-3-8-18/h1-5,7-9,11,20,22H,6,10,12-17H2,(H,24,26)/t22-/m1/s1. The molecule has 1 fully saturated rings. The van der Waals surface area contributed by atoms with Crippen LogP contribution in [0.4, 0.5) is 0 Å². The minimum Gasteiger partial charge on any atom is -0.349 e. The van der Waals surface area contributed by atoms with Crippen LogP contribution in [0, 0.1) is 5.92 Å². The van der Waals surface area contributed by atoms with E-state index in [9.17, 15) is 4.79 Å². The van der Waals surface area contributed by atoms with Gasteiger partial charge < -0.3 is 5.32 Å². The van der Waals surface area contributed by atoms with E-state index in [0.29, 0.717) is 0 Å². The molecule has 1 aliphatic heterocycles. The van der Waals surface area contributed by atoms with Gasteiger partial charge in [0.05, 0.1) is 6.04 Å². The summed E-state index contributed by atoms with van der Waals surface area (Å²) < 4.78 is 0. The van der Waals surface area contributed by atoms with Crippen LogP contribution in [-0.2, 0) is 17.8 Å². The third kappa shape index (κ3) is 3.99. The summed E-state index contributed by atoms with van der Waals surface area (Å²) in [5.41, 5.74) is 4.09. The minimum atomic E-state index is 0.163. The molecule has 0 radical (unpaired) electrons. The van der Waals surface area contributed by atoms with E-state index in [0.717, 1.165) is 51.7 Å². The molecule has 2 aliphatic rings. The molecule has 2 aromatic carbocycles. The number of aryl methyl sites for hydroxylation is 1. The van der Waals surface area contributed by atoms with Crippen LogP contribution < -0.4 is 5.32 Å². The van der Waals surface area contributed by atoms with E-state index >= 15 is 0 Å². The lowest BCUT2D eigenvalue weighted by molar-refractivity contribution is -0.127. The third-order valence-corrected chi connectivity index (χ3v) is 5.89. The van der Waals surface area contributed by atoms with Gasteiger partial charge in [-0.1, -0.05) is 54.6 Å². The Labute approximate surface area is 156 Å². The Morgan fingerprint density at radius 3 is 2.50 bits per heavy atom. The van der Waals surface area contributed by atoms with Crippen LogP contribution in [0.25, 0.3) is 0 Å². The molecule has 3 heteroatoms. The number of hydrogen-bond acceptors (Lipinski definition) is 2. The highest BCUT2D eigenvalue weighted by Gasteiger charge is 2.28. The van der Waals surface area contributed by atoms with Crippen molar-refractivity contribution in [2.45, 2.75) is 44.7 Å². The fourth-order valence-electron chi connectivity index (χ4n) is 4.39. The van der Waals surface area contributed by atoms with Crippen molar-refractivity contribution < 1.29 is 4.79 Å². The van der Waals surface area contributed by atoms with Gasteiger partial charge in [0, 0.05) is 12.5 Å². The summed E-state index contributed by atoms with van der Waals surface area (Å²) in [4.78, 5) is 15.3. The number of piperidine rings is 1. The molecule has 26 heavy (non-hydrogen) atoms. The van der Waals surface area contributed by atoms with Gasteiger partial charge in [0.1, 0.15) is 0 Å². The Balaban J connectivity index is 1.30. The number of benzene rings is 2. The van der Waals surface area contributed by atoms with Gasteiger partial charge in [-0.2, -0.15) is 0 Å². The highest BCUT2D eigenvalue weighted by atomic mass is 16.1. The molecule has 1 aliphatic carbocycles. The van der Waals surface area contributed by atoms with E-state index < -0.39 is 0 Å². The predicted octanol–water partition coefficient (Wildman–Crippen LogP) is 4.09. The van der Waals surface area contributed by atoms with E-state index in [4.69, 9.17) is 0 Å². The Morgan fingerprint density at radius 1 is 0.962 bits per heavy atom. The normalized spacial score (nSPS) is 21.2. The van der Waals surface area contributed by atoms with Crippen molar-refractivity contribution in [3.05, 3.63) is 71.3 Å². The molecule has 1 saturated heterocycles. The molecule has 0 saturated carbocycles. The van der Waals surface area contributed by atoms with Gasteiger partial charge in [-0.3, -0.25) is 9.69 Å². The average Bonchev–Trinajstić information content (AvgIpc) is 2.70. The van der Waals surface area contributed by atoms with Gasteiger partial charge in [0.15, 0.2) is 0 Å². The zero-order valence-electron chi connectivity index (χ0n) is 15.4. The average molecular weight is 348 g/mol. The maximum absolute atomic E-state index is 12.8. The second-order valence-corrected chi connectivity index (χ2v) is 7.69. The molecule has 1 N–H and O–H groups in total. The van der Waals surface area contributed by atoms with Crippen LogP contribution >= 0.6 is 0 Å². The predicted molar refractivity (Wildman–Crippen MR) is 105 cm³/mol. The lowest BCUT2D eigenvalue weighted by Gasteiger charge is -2.33. The largest absolute Gasteiger partial charge is 0.349 e. The Kier molecular flexibility index (Phi) is 5.35. The lowest BCUT2D eigenvalue weighted by atomic mass is 9.87. The Bertz CT molecular complexity index is 735. The molecule has 1 heterocycles. The van der Waals surface area contributed by atoms with Crippen molar-refractivity contribution in [3.63, 3.8) is 0 Å². The van der Waals surface area contributed by atoms with Crippen LogP contribution in [0.2, 0.25) is 0 Å². The second-order valence-electron chi connectivity index (χ2n) is 7.69. The summed E-state index contributed by atoms with van der Waals surface area (Å²) in [6.07, 6.45) is 5.30. The maximum atomic E-state index is 12.8. The SMILES string of the molecule is O=C(N[C@@H]1CCCc2ccccc21)C1CCN(Cc2ccccc2)CC1. The summed E-state index contributed by atoms with van der Waals surface area (Å²) >= 11 is 0. The van der Waals surface area contributed by atoms with Gasteiger partial charge in [0.25, 0.3) is 0 Å². The zero-order valence-corrected chi connectivity index (χ0v) is 15.4. The monoisotopic (exact) mass is 348 g/mol. The molecule has 0 bridgehead atoms. The molecule has 0 unspecified atom stereocenters. The highest BCUT2D eigenvalue weighted by molar-refractivity contribution is 5.79. The Morgan fingerprint density at radius 2 is 1.69 bits per heavy atom. The summed E-state index contributed by atoms with van der Waals surface area (Å²) in [7, 11) is 0. The smallest absolute Gasteiger partial charge is 0.223 e. The topological polar surface area (TPSA) is 32.3 Å². The van der Waals surface area contributed by atoms with Crippen LogP contribution in [0.3, 0.4) is 0 Å². The molecule has 136 valence electrons. The second kappa shape index (κ2) is 8.05. The van der Waals surface area contributed by atoms with E-state index in [1.165, 1.54) is 16.7 Å².